The van der Waals surface area contributed by atoms with Crippen LogP contribution in [0.5, 0.6) is 0 Å². The SMILES string of the molecule is Cc1nnc([C@H]2CCCN2C(=O)N[C@H]2CCCN(C(=O)OC(C)(C)C)C2)n1Cc1ccc(Cl)cc1. The molecule has 2 aromatic rings. The molecular formula is C25H35ClN6O3. The maximum atomic E-state index is 13.3. The van der Waals surface area contributed by atoms with Gasteiger partial charge in [0.15, 0.2) is 5.82 Å². The number of nitrogens with zero attached hydrogens (tertiary/aromatic N) is 5. The maximum absolute atomic E-state index is 13.3. The molecule has 2 atom stereocenters. The van der Waals surface area contributed by atoms with E-state index >= 15 is 0 Å². The summed E-state index contributed by atoms with van der Waals surface area (Å²) in [4.78, 5) is 29.4. The summed E-state index contributed by atoms with van der Waals surface area (Å²) in [6, 6.07) is 7.34. The molecule has 10 heteroatoms. The van der Waals surface area contributed by atoms with Crippen molar-refractivity contribution in [3.8, 4) is 0 Å². The first-order valence-corrected chi connectivity index (χ1v) is 12.7. The van der Waals surface area contributed by atoms with E-state index in [1.807, 2.05) is 56.9 Å². The van der Waals surface area contributed by atoms with Gasteiger partial charge in [-0.05, 0) is 71.1 Å². The average Bonchev–Trinajstić information content (AvgIpc) is 3.41. The number of ether oxygens (including phenoxy) is 1. The van der Waals surface area contributed by atoms with Crippen molar-refractivity contribution in [1.82, 2.24) is 29.9 Å². The summed E-state index contributed by atoms with van der Waals surface area (Å²) in [5.74, 6) is 1.60. The summed E-state index contributed by atoms with van der Waals surface area (Å²) in [5.41, 5.74) is 0.549. The Morgan fingerprint density at radius 2 is 1.83 bits per heavy atom. The van der Waals surface area contributed by atoms with Crippen molar-refractivity contribution < 1.29 is 14.3 Å². The molecule has 0 radical (unpaired) electrons. The number of nitrogens with one attached hydrogen (secondary N) is 1. The number of rotatable bonds is 4. The Kier molecular flexibility index (Phi) is 7.54. The van der Waals surface area contributed by atoms with Crippen LogP contribution < -0.4 is 5.32 Å². The van der Waals surface area contributed by atoms with E-state index in [0.29, 0.717) is 31.2 Å². The Hall–Kier alpha value is -2.81. The lowest BCUT2D eigenvalue weighted by Crippen LogP contribution is -2.53. The minimum absolute atomic E-state index is 0.112. The average molecular weight is 503 g/mol. The van der Waals surface area contributed by atoms with Gasteiger partial charge in [-0.3, -0.25) is 0 Å². The third-order valence-corrected chi connectivity index (χ3v) is 6.68. The summed E-state index contributed by atoms with van der Waals surface area (Å²) in [7, 11) is 0. The van der Waals surface area contributed by atoms with Crippen molar-refractivity contribution in [2.24, 2.45) is 0 Å². The van der Waals surface area contributed by atoms with Crippen LogP contribution in [0.3, 0.4) is 0 Å². The lowest BCUT2D eigenvalue weighted by atomic mass is 10.1. The molecule has 0 bridgehead atoms. The molecular weight excluding hydrogens is 468 g/mol. The Morgan fingerprint density at radius 3 is 2.54 bits per heavy atom. The number of piperidine rings is 1. The zero-order valence-corrected chi connectivity index (χ0v) is 21.7. The predicted molar refractivity (Wildman–Crippen MR) is 133 cm³/mol. The summed E-state index contributed by atoms with van der Waals surface area (Å²) in [5, 5.41) is 12.6. The molecule has 35 heavy (non-hydrogen) atoms. The fraction of sp³-hybridized carbons (Fsp3) is 0.600. The number of benzene rings is 1. The van der Waals surface area contributed by atoms with Crippen LogP contribution in [0.1, 0.15) is 69.7 Å². The van der Waals surface area contributed by atoms with Crippen LogP contribution >= 0.6 is 11.6 Å². The Labute approximate surface area is 211 Å². The summed E-state index contributed by atoms with van der Waals surface area (Å²) >= 11 is 6.04. The van der Waals surface area contributed by atoms with Gasteiger partial charge in [0.05, 0.1) is 12.6 Å². The van der Waals surface area contributed by atoms with Gasteiger partial charge in [0, 0.05) is 30.7 Å². The number of hydrogen-bond acceptors (Lipinski definition) is 5. The lowest BCUT2D eigenvalue weighted by molar-refractivity contribution is 0.0188. The van der Waals surface area contributed by atoms with Gasteiger partial charge in [0.1, 0.15) is 11.4 Å². The van der Waals surface area contributed by atoms with Crippen LogP contribution in [0.25, 0.3) is 0 Å². The molecule has 190 valence electrons. The number of hydrogen-bond donors (Lipinski definition) is 1. The van der Waals surface area contributed by atoms with Crippen molar-refractivity contribution in [3.05, 3.63) is 46.5 Å². The van der Waals surface area contributed by atoms with Crippen LogP contribution in [0.15, 0.2) is 24.3 Å². The summed E-state index contributed by atoms with van der Waals surface area (Å²) < 4.78 is 7.59. The fourth-order valence-electron chi connectivity index (χ4n) is 4.73. The molecule has 3 amide bonds. The summed E-state index contributed by atoms with van der Waals surface area (Å²) in [6.07, 6.45) is 3.05. The molecule has 2 aliphatic heterocycles. The molecule has 2 saturated heterocycles. The van der Waals surface area contributed by atoms with Gasteiger partial charge in [-0.25, -0.2) is 9.59 Å². The number of urea groups is 1. The molecule has 2 fully saturated rings. The van der Waals surface area contributed by atoms with Gasteiger partial charge in [-0.2, -0.15) is 0 Å². The zero-order valence-electron chi connectivity index (χ0n) is 21.0. The summed E-state index contributed by atoms with van der Waals surface area (Å²) in [6.45, 7) is 9.86. The standard InChI is InChI=1S/C25H35ClN6O3/c1-17-28-29-22(32(17)15-18-9-11-19(26)12-10-18)21-8-6-14-31(21)23(33)27-20-7-5-13-30(16-20)24(34)35-25(2,3)4/h9-12,20-21H,5-8,13-16H2,1-4H3,(H,27,33)/t20-,21+/m0/s1. The number of carbonyl (C=O) groups excluding carboxylic acids is 2. The van der Waals surface area contributed by atoms with Crippen molar-refractivity contribution in [3.63, 3.8) is 0 Å². The van der Waals surface area contributed by atoms with Crippen molar-refractivity contribution in [1.29, 1.82) is 0 Å². The number of carbonyl (C=O) groups is 2. The first-order valence-electron chi connectivity index (χ1n) is 12.3. The van der Waals surface area contributed by atoms with E-state index in [0.717, 1.165) is 42.9 Å². The van der Waals surface area contributed by atoms with Gasteiger partial charge < -0.3 is 24.4 Å². The number of aromatic nitrogens is 3. The minimum atomic E-state index is -0.545. The van der Waals surface area contributed by atoms with E-state index in [4.69, 9.17) is 16.3 Å². The van der Waals surface area contributed by atoms with Crippen LogP contribution in [0.4, 0.5) is 9.59 Å². The molecule has 4 rings (SSSR count). The maximum Gasteiger partial charge on any atom is 0.410 e. The van der Waals surface area contributed by atoms with Gasteiger partial charge in [0.2, 0.25) is 0 Å². The number of likely N-dealkylation sites (tertiary alicyclic amines) is 2. The highest BCUT2D eigenvalue weighted by Crippen LogP contribution is 2.32. The second-order valence-corrected chi connectivity index (χ2v) is 10.8. The van der Waals surface area contributed by atoms with E-state index in [1.54, 1.807) is 4.90 Å². The molecule has 3 heterocycles. The van der Waals surface area contributed by atoms with Gasteiger partial charge >= 0.3 is 12.1 Å². The first-order chi connectivity index (χ1) is 16.6. The van der Waals surface area contributed by atoms with E-state index in [-0.39, 0.29) is 24.2 Å². The zero-order chi connectivity index (χ0) is 25.2. The highest BCUT2D eigenvalue weighted by molar-refractivity contribution is 6.30. The molecule has 0 saturated carbocycles. The number of amides is 3. The molecule has 0 unspecified atom stereocenters. The van der Waals surface area contributed by atoms with Crippen LogP contribution in [-0.2, 0) is 11.3 Å². The molecule has 2 aliphatic rings. The van der Waals surface area contributed by atoms with Gasteiger partial charge in [-0.1, -0.05) is 23.7 Å². The largest absolute Gasteiger partial charge is 0.444 e. The highest BCUT2D eigenvalue weighted by atomic mass is 35.5. The topological polar surface area (TPSA) is 92.6 Å². The Morgan fingerprint density at radius 1 is 1.11 bits per heavy atom. The van der Waals surface area contributed by atoms with Crippen molar-refractivity contribution >= 4 is 23.7 Å². The smallest absolute Gasteiger partial charge is 0.410 e. The van der Waals surface area contributed by atoms with E-state index < -0.39 is 5.60 Å². The fourth-order valence-corrected chi connectivity index (χ4v) is 4.86. The van der Waals surface area contributed by atoms with Crippen molar-refractivity contribution in [2.45, 2.75) is 77.6 Å². The first kappa shape index (κ1) is 25.3. The third kappa shape index (κ3) is 6.25. The second-order valence-electron chi connectivity index (χ2n) is 10.4. The minimum Gasteiger partial charge on any atom is -0.444 e. The monoisotopic (exact) mass is 502 g/mol. The van der Waals surface area contributed by atoms with Crippen LogP contribution in [-0.4, -0.2) is 68.0 Å². The Bertz CT molecular complexity index is 1050. The molecule has 1 N–H and O–H groups in total. The molecule has 0 spiro atoms. The van der Waals surface area contributed by atoms with Gasteiger partial charge in [-0.15, -0.1) is 10.2 Å². The third-order valence-electron chi connectivity index (χ3n) is 6.43. The predicted octanol–water partition coefficient (Wildman–Crippen LogP) is 4.53. The molecule has 1 aromatic carbocycles. The lowest BCUT2D eigenvalue weighted by Gasteiger charge is -2.35. The van der Waals surface area contributed by atoms with Crippen molar-refractivity contribution in [2.75, 3.05) is 19.6 Å². The Balaban J connectivity index is 1.42. The number of aryl methyl sites for hydroxylation is 1. The van der Waals surface area contributed by atoms with E-state index in [9.17, 15) is 9.59 Å². The van der Waals surface area contributed by atoms with E-state index in [1.165, 1.54) is 0 Å². The van der Waals surface area contributed by atoms with Crippen LogP contribution in [0, 0.1) is 6.92 Å². The molecule has 1 aromatic heterocycles. The number of halogens is 1. The van der Waals surface area contributed by atoms with Gasteiger partial charge in [0.25, 0.3) is 0 Å². The van der Waals surface area contributed by atoms with Crippen LogP contribution in [0.2, 0.25) is 5.02 Å². The van der Waals surface area contributed by atoms with E-state index in [2.05, 4.69) is 20.1 Å². The highest BCUT2D eigenvalue weighted by Gasteiger charge is 2.36. The second kappa shape index (κ2) is 10.4. The molecule has 0 aliphatic carbocycles. The molecule has 9 nitrogen and oxygen atoms in total. The normalized spacial score (nSPS) is 20.7. The quantitative estimate of drug-likeness (QED) is 0.662.